The maximum absolute atomic E-state index is 5.90. The standard InChI is InChI=1S/C8H10ClN5S/c1-3-5-10-6(4-2)14(11-5)8-7(9)12-15-13-8/h3-4H2,1-2H3. The van der Waals surface area contributed by atoms with Crippen LogP contribution in [-0.4, -0.2) is 23.5 Å². The summed E-state index contributed by atoms with van der Waals surface area (Å²) in [4.78, 5) is 4.37. The highest BCUT2D eigenvalue weighted by molar-refractivity contribution is 6.99. The van der Waals surface area contributed by atoms with Gasteiger partial charge >= 0.3 is 0 Å². The van der Waals surface area contributed by atoms with Crippen LogP contribution in [0.25, 0.3) is 5.82 Å². The van der Waals surface area contributed by atoms with Crippen LogP contribution in [-0.2, 0) is 12.8 Å². The van der Waals surface area contributed by atoms with E-state index in [0.29, 0.717) is 11.0 Å². The molecule has 5 nitrogen and oxygen atoms in total. The number of hydrogen-bond acceptors (Lipinski definition) is 5. The molecule has 0 spiro atoms. The van der Waals surface area contributed by atoms with Gasteiger partial charge in [-0.1, -0.05) is 25.4 Å². The predicted molar refractivity (Wildman–Crippen MR) is 58.6 cm³/mol. The summed E-state index contributed by atoms with van der Waals surface area (Å²) in [6.07, 6.45) is 1.59. The molecule has 0 radical (unpaired) electrons. The topological polar surface area (TPSA) is 56.5 Å². The Morgan fingerprint density at radius 3 is 2.60 bits per heavy atom. The molecule has 80 valence electrons. The van der Waals surface area contributed by atoms with Crippen molar-refractivity contribution in [2.24, 2.45) is 0 Å². The maximum Gasteiger partial charge on any atom is 0.208 e. The lowest BCUT2D eigenvalue weighted by Gasteiger charge is -1.98. The van der Waals surface area contributed by atoms with E-state index in [0.717, 1.165) is 36.2 Å². The van der Waals surface area contributed by atoms with Gasteiger partial charge in [0.15, 0.2) is 11.0 Å². The van der Waals surface area contributed by atoms with Crippen molar-refractivity contribution < 1.29 is 0 Å². The second kappa shape index (κ2) is 4.24. The lowest BCUT2D eigenvalue weighted by Crippen LogP contribution is -2.02. The molecule has 2 rings (SSSR count). The zero-order chi connectivity index (χ0) is 10.8. The van der Waals surface area contributed by atoms with E-state index < -0.39 is 0 Å². The Hall–Kier alpha value is -1.01. The van der Waals surface area contributed by atoms with Gasteiger partial charge in [-0.05, 0) is 0 Å². The van der Waals surface area contributed by atoms with Crippen LogP contribution < -0.4 is 0 Å². The molecule has 0 unspecified atom stereocenters. The van der Waals surface area contributed by atoms with Crippen LogP contribution >= 0.6 is 23.3 Å². The van der Waals surface area contributed by atoms with Crippen LogP contribution in [0, 0.1) is 0 Å². The van der Waals surface area contributed by atoms with Crippen molar-refractivity contribution in [3.8, 4) is 5.82 Å². The summed E-state index contributed by atoms with van der Waals surface area (Å²) in [7, 11) is 0. The Morgan fingerprint density at radius 2 is 2.07 bits per heavy atom. The van der Waals surface area contributed by atoms with Crippen LogP contribution in [0.2, 0.25) is 5.15 Å². The van der Waals surface area contributed by atoms with Crippen molar-refractivity contribution in [1.82, 2.24) is 23.5 Å². The Morgan fingerprint density at radius 1 is 1.27 bits per heavy atom. The van der Waals surface area contributed by atoms with Crippen LogP contribution in [0.3, 0.4) is 0 Å². The molecule has 0 atom stereocenters. The van der Waals surface area contributed by atoms with Gasteiger partial charge in [-0.2, -0.15) is 13.4 Å². The summed E-state index contributed by atoms with van der Waals surface area (Å²) in [5, 5.41) is 4.71. The second-order valence-electron chi connectivity index (χ2n) is 2.94. The molecule has 2 aromatic heterocycles. The van der Waals surface area contributed by atoms with Gasteiger partial charge in [-0.3, -0.25) is 0 Å². The molecule has 0 saturated carbocycles. The minimum absolute atomic E-state index is 0.377. The molecule has 0 aliphatic rings. The van der Waals surface area contributed by atoms with E-state index in [2.05, 4.69) is 18.8 Å². The third-order valence-corrected chi connectivity index (χ3v) is 2.86. The highest BCUT2D eigenvalue weighted by Gasteiger charge is 2.14. The van der Waals surface area contributed by atoms with Gasteiger partial charge in [0.2, 0.25) is 5.82 Å². The summed E-state index contributed by atoms with van der Waals surface area (Å²) in [5.41, 5.74) is 0. The minimum Gasteiger partial charge on any atom is -0.216 e. The van der Waals surface area contributed by atoms with Crippen molar-refractivity contribution in [3.63, 3.8) is 0 Å². The number of halogens is 1. The van der Waals surface area contributed by atoms with E-state index in [4.69, 9.17) is 11.6 Å². The Bertz CT molecular complexity index is 463. The fourth-order valence-corrected chi connectivity index (χ4v) is 1.94. The zero-order valence-corrected chi connectivity index (χ0v) is 10.0. The van der Waals surface area contributed by atoms with Gasteiger partial charge in [0.25, 0.3) is 0 Å². The number of hydrogen-bond donors (Lipinski definition) is 0. The monoisotopic (exact) mass is 243 g/mol. The smallest absolute Gasteiger partial charge is 0.208 e. The molecular weight excluding hydrogens is 234 g/mol. The fourth-order valence-electron chi connectivity index (χ4n) is 1.24. The average Bonchev–Trinajstić information content (AvgIpc) is 2.82. The zero-order valence-electron chi connectivity index (χ0n) is 8.44. The van der Waals surface area contributed by atoms with Crippen molar-refractivity contribution in [2.75, 3.05) is 0 Å². The maximum atomic E-state index is 5.90. The quantitative estimate of drug-likeness (QED) is 0.826. The van der Waals surface area contributed by atoms with Crippen LogP contribution in [0.4, 0.5) is 0 Å². The number of rotatable bonds is 3. The number of aromatic nitrogens is 5. The molecule has 7 heteroatoms. The molecule has 15 heavy (non-hydrogen) atoms. The Balaban J connectivity index is 2.51. The molecular formula is C8H10ClN5S. The molecule has 0 aliphatic carbocycles. The fraction of sp³-hybridized carbons (Fsp3) is 0.500. The summed E-state index contributed by atoms with van der Waals surface area (Å²) in [5.74, 6) is 2.24. The highest BCUT2D eigenvalue weighted by atomic mass is 35.5. The molecule has 2 aromatic rings. The molecule has 0 N–H and O–H groups in total. The van der Waals surface area contributed by atoms with Gasteiger partial charge in [0, 0.05) is 12.8 Å². The first-order valence-corrected chi connectivity index (χ1v) is 5.80. The molecule has 0 bridgehead atoms. The first-order valence-electron chi connectivity index (χ1n) is 4.69. The first kappa shape index (κ1) is 10.5. The third kappa shape index (κ3) is 1.87. The lowest BCUT2D eigenvalue weighted by atomic mass is 10.4. The Kier molecular flexibility index (Phi) is 2.97. The van der Waals surface area contributed by atoms with Crippen molar-refractivity contribution in [2.45, 2.75) is 26.7 Å². The summed E-state index contributed by atoms with van der Waals surface area (Å²) < 4.78 is 9.68. The van der Waals surface area contributed by atoms with E-state index in [1.54, 1.807) is 4.68 Å². The van der Waals surface area contributed by atoms with Crippen molar-refractivity contribution in [1.29, 1.82) is 0 Å². The largest absolute Gasteiger partial charge is 0.216 e. The molecule has 0 fully saturated rings. The van der Waals surface area contributed by atoms with Gasteiger partial charge < -0.3 is 0 Å². The normalized spacial score (nSPS) is 10.9. The van der Waals surface area contributed by atoms with Crippen molar-refractivity contribution >= 4 is 23.3 Å². The van der Waals surface area contributed by atoms with E-state index >= 15 is 0 Å². The van der Waals surface area contributed by atoms with Gasteiger partial charge in [-0.25, -0.2) is 4.98 Å². The highest BCUT2D eigenvalue weighted by Crippen LogP contribution is 2.18. The predicted octanol–water partition coefficient (Wildman–Crippen LogP) is 1.90. The first-order chi connectivity index (χ1) is 7.26. The van der Waals surface area contributed by atoms with Crippen LogP contribution in [0.15, 0.2) is 0 Å². The lowest BCUT2D eigenvalue weighted by molar-refractivity contribution is 0.777. The minimum atomic E-state index is 0.377. The van der Waals surface area contributed by atoms with Gasteiger partial charge in [0.05, 0.1) is 11.7 Å². The van der Waals surface area contributed by atoms with E-state index in [1.807, 2.05) is 13.8 Å². The number of nitrogens with zero attached hydrogens (tertiary/aromatic N) is 5. The second-order valence-corrected chi connectivity index (χ2v) is 3.83. The van der Waals surface area contributed by atoms with Crippen LogP contribution in [0.1, 0.15) is 25.5 Å². The number of aryl methyl sites for hydroxylation is 2. The third-order valence-electron chi connectivity index (χ3n) is 1.98. The molecule has 0 saturated heterocycles. The molecule has 0 amide bonds. The van der Waals surface area contributed by atoms with Crippen molar-refractivity contribution in [3.05, 3.63) is 16.8 Å². The van der Waals surface area contributed by atoms with Crippen LogP contribution in [0.5, 0.6) is 0 Å². The summed E-state index contributed by atoms with van der Waals surface area (Å²) in [6, 6.07) is 0. The van der Waals surface area contributed by atoms with E-state index in [9.17, 15) is 0 Å². The van der Waals surface area contributed by atoms with E-state index in [1.165, 1.54) is 0 Å². The average molecular weight is 244 g/mol. The molecule has 2 heterocycles. The SMILES string of the molecule is CCc1nc(CC)n(-c2nsnc2Cl)n1. The molecule has 0 aromatic carbocycles. The van der Waals surface area contributed by atoms with E-state index in [-0.39, 0.29) is 0 Å². The molecule has 0 aliphatic heterocycles. The summed E-state index contributed by atoms with van der Waals surface area (Å²) >= 11 is 6.98. The van der Waals surface area contributed by atoms with Gasteiger partial charge in [0.1, 0.15) is 5.82 Å². The summed E-state index contributed by atoms with van der Waals surface area (Å²) in [6.45, 7) is 4.04. The Labute approximate surface area is 96.4 Å². The van der Waals surface area contributed by atoms with Gasteiger partial charge in [-0.15, -0.1) is 5.10 Å².